The molecule has 1 unspecified atom stereocenters. The summed E-state index contributed by atoms with van der Waals surface area (Å²) in [7, 11) is 0. The van der Waals surface area contributed by atoms with Crippen molar-refractivity contribution in [3.63, 3.8) is 0 Å². The number of hydrogen-bond donors (Lipinski definition) is 1. The van der Waals surface area contributed by atoms with Crippen LogP contribution in [-0.2, 0) is 0 Å². The van der Waals surface area contributed by atoms with Gasteiger partial charge >= 0.3 is 6.03 Å². The summed E-state index contributed by atoms with van der Waals surface area (Å²) in [5.74, 6) is 1.75. The Kier molecular flexibility index (Phi) is 3.92. The van der Waals surface area contributed by atoms with Crippen molar-refractivity contribution in [3.05, 3.63) is 53.5 Å². The first kappa shape index (κ1) is 14.1. The predicted octanol–water partition coefficient (Wildman–Crippen LogP) is 4.18. The van der Waals surface area contributed by atoms with Gasteiger partial charge in [-0.05, 0) is 37.1 Å². The number of thioether (sulfide) groups is 1. The number of carbonyl (C=O) groups excluding carboxylic acids is 1. The standard InChI is InChI=1S/C16H18N2O2S/c1-11-5-3-6-12(2)14(11)17-16(19)18-8-10-21-15(18)13-7-4-9-20-13/h3-7,9,15H,8,10H2,1-2H3,(H,17,19). The summed E-state index contributed by atoms with van der Waals surface area (Å²) in [5, 5.41) is 3.01. The summed E-state index contributed by atoms with van der Waals surface area (Å²) in [6.45, 7) is 4.74. The zero-order valence-electron chi connectivity index (χ0n) is 12.1. The number of anilines is 1. The average Bonchev–Trinajstić information content (AvgIpc) is 3.12. The maximum absolute atomic E-state index is 12.6. The van der Waals surface area contributed by atoms with Gasteiger partial charge < -0.3 is 14.6 Å². The molecule has 1 saturated heterocycles. The molecule has 0 spiro atoms. The second-order valence-corrected chi connectivity index (χ2v) is 6.32. The molecule has 1 aromatic carbocycles. The molecule has 2 aromatic rings. The highest BCUT2D eigenvalue weighted by molar-refractivity contribution is 7.99. The van der Waals surface area contributed by atoms with E-state index in [1.165, 1.54) is 0 Å². The fourth-order valence-corrected chi connectivity index (χ4v) is 3.74. The van der Waals surface area contributed by atoms with Crippen molar-refractivity contribution in [1.82, 2.24) is 4.90 Å². The van der Waals surface area contributed by atoms with Gasteiger partial charge in [0.25, 0.3) is 0 Å². The third kappa shape index (κ3) is 2.78. The second-order valence-electron chi connectivity index (χ2n) is 5.13. The summed E-state index contributed by atoms with van der Waals surface area (Å²) in [6, 6.07) is 9.71. The normalized spacial score (nSPS) is 18.0. The summed E-state index contributed by atoms with van der Waals surface area (Å²) < 4.78 is 5.45. The van der Waals surface area contributed by atoms with Gasteiger partial charge in [0, 0.05) is 18.0 Å². The fourth-order valence-electron chi connectivity index (χ4n) is 2.54. The number of para-hydroxylation sites is 1. The van der Waals surface area contributed by atoms with Crippen LogP contribution in [0.15, 0.2) is 41.0 Å². The first-order valence-corrected chi connectivity index (χ1v) is 8.00. The maximum Gasteiger partial charge on any atom is 0.323 e. The van der Waals surface area contributed by atoms with E-state index < -0.39 is 0 Å². The zero-order chi connectivity index (χ0) is 14.8. The number of benzene rings is 1. The van der Waals surface area contributed by atoms with Gasteiger partial charge in [0.1, 0.15) is 11.1 Å². The number of rotatable bonds is 2. The Hall–Kier alpha value is -1.88. The van der Waals surface area contributed by atoms with Crippen LogP contribution in [0.1, 0.15) is 22.3 Å². The average molecular weight is 302 g/mol. The number of amides is 2. The van der Waals surface area contributed by atoms with Gasteiger partial charge in [0.2, 0.25) is 0 Å². The largest absolute Gasteiger partial charge is 0.466 e. The summed E-state index contributed by atoms with van der Waals surface area (Å²) in [4.78, 5) is 14.4. The lowest BCUT2D eigenvalue weighted by Gasteiger charge is -2.23. The SMILES string of the molecule is Cc1cccc(C)c1NC(=O)N1CCSC1c1ccco1. The zero-order valence-corrected chi connectivity index (χ0v) is 12.9. The van der Waals surface area contributed by atoms with E-state index in [4.69, 9.17) is 4.42 Å². The van der Waals surface area contributed by atoms with Gasteiger partial charge in [-0.2, -0.15) is 0 Å². The molecule has 21 heavy (non-hydrogen) atoms. The smallest absolute Gasteiger partial charge is 0.323 e. The fraction of sp³-hybridized carbons (Fsp3) is 0.312. The molecule has 5 heteroatoms. The molecular weight excluding hydrogens is 284 g/mol. The molecule has 0 saturated carbocycles. The van der Waals surface area contributed by atoms with Crippen molar-refractivity contribution in [1.29, 1.82) is 0 Å². The van der Waals surface area contributed by atoms with Crippen molar-refractivity contribution < 1.29 is 9.21 Å². The van der Waals surface area contributed by atoms with E-state index in [0.29, 0.717) is 0 Å². The van der Waals surface area contributed by atoms with Crippen LogP contribution in [0.4, 0.5) is 10.5 Å². The van der Waals surface area contributed by atoms with Gasteiger partial charge in [0.05, 0.1) is 6.26 Å². The highest BCUT2D eigenvalue weighted by atomic mass is 32.2. The molecule has 0 bridgehead atoms. The lowest BCUT2D eigenvalue weighted by molar-refractivity contribution is 0.209. The molecule has 1 N–H and O–H groups in total. The first-order chi connectivity index (χ1) is 10.2. The molecule has 1 aromatic heterocycles. The molecule has 3 rings (SSSR count). The Morgan fingerprint density at radius 1 is 1.29 bits per heavy atom. The van der Waals surface area contributed by atoms with E-state index in [-0.39, 0.29) is 11.4 Å². The Labute approximate surface area is 128 Å². The van der Waals surface area contributed by atoms with Crippen LogP contribution in [-0.4, -0.2) is 23.2 Å². The lowest BCUT2D eigenvalue weighted by Crippen LogP contribution is -2.34. The molecule has 2 heterocycles. The first-order valence-electron chi connectivity index (χ1n) is 6.95. The van der Waals surface area contributed by atoms with E-state index in [1.54, 1.807) is 18.0 Å². The molecule has 4 nitrogen and oxygen atoms in total. The van der Waals surface area contributed by atoms with Crippen LogP contribution in [0.2, 0.25) is 0 Å². The maximum atomic E-state index is 12.6. The van der Waals surface area contributed by atoms with Gasteiger partial charge in [-0.1, -0.05) is 18.2 Å². The minimum absolute atomic E-state index is 0.0377. The number of aryl methyl sites for hydroxylation is 2. The van der Waals surface area contributed by atoms with E-state index in [9.17, 15) is 4.79 Å². The Balaban J connectivity index is 1.79. The lowest BCUT2D eigenvalue weighted by atomic mass is 10.1. The topological polar surface area (TPSA) is 45.5 Å². The van der Waals surface area contributed by atoms with Crippen molar-refractivity contribution in [2.24, 2.45) is 0 Å². The van der Waals surface area contributed by atoms with E-state index in [1.807, 2.05) is 49.1 Å². The van der Waals surface area contributed by atoms with Crippen molar-refractivity contribution in [3.8, 4) is 0 Å². The summed E-state index contributed by atoms with van der Waals surface area (Å²) in [5.41, 5.74) is 3.05. The monoisotopic (exact) mass is 302 g/mol. The van der Waals surface area contributed by atoms with Crippen LogP contribution in [0.3, 0.4) is 0 Å². The molecular formula is C16H18N2O2S. The number of nitrogens with one attached hydrogen (secondary N) is 1. The quantitative estimate of drug-likeness (QED) is 0.905. The van der Waals surface area contributed by atoms with Crippen LogP contribution in [0.25, 0.3) is 0 Å². The van der Waals surface area contributed by atoms with Crippen LogP contribution in [0.5, 0.6) is 0 Å². The second kappa shape index (κ2) is 5.85. The Morgan fingerprint density at radius 2 is 2.05 bits per heavy atom. The molecule has 1 atom stereocenters. The summed E-state index contributed by atoms with van der Waals surface area (Å²) >= 11 is 1.73. The molecule has 1 fully saturated rings. The van der Waals surface area contributed by atoms with Crippen LogP contribution >= 0.6 is 11.8 Å². The molecule has 110 valence electrons. The molecule has 0 aliphatic carbocycles. The highest BCUT2D eigenvalue weighted by Crippen LogP contribution is 2.38. The molecule has 1 aliphatic rings. The third-order valence-corrected chi connectivity index (χ3v) is 4.87. The minimum atomic E-state index is -0.0706. The number of hydrogen-bond acceptors (Lipinski definition) is 3. The number of furan rings is 1. The van der Waals surface area contributed by atoms with E-state index in [2.05, 4.69) is 5.32 Å². The van der Waals surface area contributed by atoms with Crippen LogP contribution in [0, 0.1) is 13.8 Å². The number of nitrogens with zero attached hydrogens (tertiary/aromatic N) is 1. The third-order valence-electron chi connectivity index (χ3n) is 3.65. The van der Waals surface area contributed by atoms with Gasteiger partial charge in [-0.3, -0.25) is 0 Å². The molecule has 0 radical (unpaired) electrons. The predicted molar refractivity (Wildman–Crippen MR) is 85.5 cm³/mol. The number of urea groups is 1. The van der Waals surface area contributed by atoms with Crippen molar-refractivity contribution in [2.75, 3.05) is 17.6 Å². The van der Waals surface area contributed by atoms with Crippen molar-refractivity contribution in [2.45, 2.75) is 19.2 Å². The molecule has 1 aliphatic heterocycles. The van der Waals surface area contributed by atoms with E-state index in [0.717, 1.165) is 34.9 Å². The number of carbonyl (C=O) groups is 1. The Morgan fingerprint density at radius 3 is 2.71 bits per heavy atom. The van der Waals surface area contributed by atoms with Crippen molar-refractivity contribution >= 4 is 23.5 Å². The Bertz CT molecular complexity index is 619. The van der Waals surface area contributed by atoms with Crippen LogP contribution < -0.4 is 5.32 Å². The van der Waals surface area contributed by atoms with E-state index >= 15 is 0 Å². The molecule has 2 amide bonds. The summed E-state index contributed by atoms with van der Waals surface area (Å²) in [6.07, 6.45) is 1.65. The van der Waals surface area contributed by atoms with Gasteiger partial charge in [-0.25, -0.2) is 4.79 Å². The highest BCUT2D eigenvalue weighted by Gasteiger charge is 2.32. The van der Waals surface area contributed by atoms with Gasteiger partial charge in [-0.15, -0.1) is 11.8 Å². The minimum Gasteiger partial charge on any atom is -0.466 e. The van der Waals surface area contributed by atoms with Gasteiger partial charge in [0.15, 0.2) is 0 Å².